The molecule has 4 rings (SSSR count). The average molecular weight is 336 g/mol. The third-order valence-electron chi connectivity index (χ3n) is 5.33. The van der Waals surface area contributed by atoms with Crippen LogP contribution in [-0.2, 0) is 12.8 Å². The summed E-state index contributed by atoms with van der Waals surface area (Å²) < 4.78 is 5.31. The summed E-state index contributed by atoms with van der Waals surface area (Å²) in [5.41, 5.74) is 4.78. The number of piperazine rings is 1. The Hall–Kier alpha value is -2.49. The predicted octanol–water partition coefficient (Wildman–Crippen LogP) is 3.15. The number of anilines is 1. The van der Waals surface area contributed by atoms with Gasteiger partial charge in [-0.1, -0.05) is 12.1 Å². The van der Waals surface area contributed by atoms with Gasteiger partial charge in [0.15, 0.2) is 0 Å². The Bertz CT molecular complexity index is 779. The van der Waals surface area contributed by atoms with Crippen LogP contribution in [0.4, 0.5) is 5.69 Å². The first-order valence-corrected chi connectivity index (χ1v) is 9.05. The SMILES string of the molecule is COc1cccc(N2CCN(C(=O)c3ccc4c(c3)CCC4)CC2)c1. The molecule has 0 unspecified atom stereocenters. The summed E-state index contributed by atoms with van der Waals surface area (Å²) in [7, 11) is 1.69. The van der Waals surface area contributed by atoms with E-state index in [0.717, 1.165) is 56.0 Å². The quantitative estimate of drug-likeness (QED) is 0.863. The van der Waals surface area contributed by atoms with Crippen molar-refractivity contribution in [2.75, 3.05) is 38.2 Å². The van der Waals surface area contributed by atoms with E-state index in [1.165, 1.54) is 17.5 Å². The van der Waals surface area contributed by atoms with E-state index in [1.54, 1.807) is 7.11 Å². The number of rotatable bonds is 3. The maximum atomic E-state index is 12.8. The first-order chi connectivity index (χ1) is 12.2. The van der Waals surface area contributed by atoms with Crippen LogP contribution in [0.2, 0.25) is 0 Å². The molecule has 1 amide bonds. The molecule has 0 radical (unpaired) electrons. The van der Waals surface area contributed by atoms with E-state index in [2.05, 4.69) is 29.2 Å². The number of hydrogen-bond acceptors (Lipinski definition) is 3. The summed E-state index contributed by atoms with van der Waals surface area (Å²) in [5.74, 6) is 1.04. The first-order valence-electron chi connectivity index (χ1n) is 9.05. The van der Waals surface area contributed by atoms with Crippen LogP contribution in [0, 0.1) is 0 Å². The van der Waals surface area contributed by atoms with Gasteiger partial charge in [-0.25, -0.2) is 0 Å². The summed E-state index contributed by atoms with van der Waals surface area (Å²) in [6.07, 6.45) is 3.48. The van der Waals surface area contributed by atoms with E-state index in [-0.39, 0.29) is 5.91 Å². The summed E-state index contributed by atoms with van der Waals surface area (Å²) in [6, 6.07) is 14.4. The number of amides is 1. The number of benzene rings is 2. The van der Waals surface area contributed by atoms with Crippen molar-refractivity contribution in [3.05, 3.63) is 59.2 Å². The fraction of sp³-hybridized carbons (Fsp3) is 0.381. The predicted molar refractivity (Wildman–Crippen MR) is 99.6 cm³/mol. The molecule has 1 fully saturated rings. The highest BCUT2D eigenvalue weighted by Crippen LogP contribution is 2.25. The van der Waals surface area contributed by atoms with Gasteiger partial charge in [0, 0.05) is 43.5 Å². The number of aryl methyl sites for hydroxylation is 2. The molecule has 1 aliphatic heterocycles. The Morgan fingerprint density at radius 1 is 0.960 bits per heavy atom. The summed E-state index contributed by atoms with van der Waals surface area (Å²) in [4.78, 5) is 17.1. The number of ether oxygens (including phenoxy) is 1. The zero-order valence-corrected chi connectivity index (χ0v) is 14.7. The number of carbonyl (C=O) groups excluding carboxylic acids is 1. The highest BCUT2D eigenvalue weighted by Gasteiger charge is 2.23. The van der Waals surface area contributed by atoms with Crippen molar-refractivity contribution < 1.29 is 9.53 Å². The van der Waals surface area contributed by atoms with Gasteiger partial charge in [-0.05, 0) is 54.7 Å². The van der Waals surface area contributed by atoms with E-state index in [9.17, 15) is 4.79 Å². The smallest absolute Gasteiger partial charge is 0.253 e. The zero-order chi connectivity index (χ0) is 17.2. The molecular formula is C21H24N2O2. The molecule has 130 valence electrons. The lowest BCUT2D eigenvalue weighted by Gasteiger charge is -2.36. The Labute approximate surface area is 149 Å². The molecular weight excluding hydrogens is 312 g/mol. The lowest BCUT2D eigenvalue weighted by molar-refractivity contribution is 0.0746. The molecule has 0 atom stereocenters. The largest absolute Gasteiger partial charge is 0.497 e. The van der Waals surface area contributed by atoms with E-state index >= 15 is 0 Å². The van der Waals surface area contributed by atoms with Crippen molar-refractivity contribution in [1.82, 2.24) is 4.90 Å². The molecule has 0 saturated carbocycles. The summed E-state index contributed by atoms with van der Waals surface area (Å²) in [5, 5.41) is 0. The van der Waals surface area contributed by atoms with Crippen LogP contribution < -0.4 is 9.64 Å². The van der Waals surface area contributed by atoms with Gasteiger partial charge in [0.2, 0.25) is 0 Å². The number of nitrogens with zero attached hydrogens (tertiary/aromatic N) is 2. The second kappa shape index (κ2) is 6.79. The van der Waals surface area contributed by atoms with Crippen molar-refractivity contribution in [3.8, 4) is 5.75 Å². The number of fused-ring (bicyclic) bond motifs is 1. The van der Waals surface area contributed by atoms with Crippen molar-refractivity contribution in [2.24, 2.45) is 0 Å². The lowest BCUT2D eigenvalue weighted by atomic mass is 10.1. The monoisotopic (exact) mass is 336 g/mol. The molecule has 2 aromatic carbocycles. The first kappa shape index (κ1) is 16.0. The molecule has 2 aliphatic rings. The molecule has 25 heavy (non-hydrogen) atoms. The minimum atomic E-state index is 0.167. The fourth-order valence-electron chi connectivity index (χ4n) is 3.86. The molecule has 1 heterocycles. The lowest BCUT2D eigenvalue weighted by Crippen LogP contribution is -2.48. The van der Waals surface area contributed by atoms with Gasteiger partial charge in [-0.3, -0.25) is 4.79 Å². The molecule has 4 nitrogen and oxygen atoms in total. The number of carbonyl (C=O) groups is 1. The fourth-order valence-corrected chi connectivity index (χ4v) is 3.86. The number of methoxy groups -OCH3 is 1. The molecule has 0 aromatic heterocycles. The second-order valence-electron chi connectivity index (χ2n) is 6.82. The molecule has 0 N–H and O–H groups in total. The topological polar surface area (TPSA) is 32.8 Å². The van der Waals surface area contributed by atoms with Crippen LogP contribution in [0.5, 0.6) is 5.75 Å². The van der Waals surface area contributed by atoms with Crippen molar-refractivity contribution in [3.63, 3.8) is 0 Å². The minimum absolute atomic E-state index is 0.167. The van der Waals surface area contributed by atoms with Gasteiger partial charge in [0.05, 0.1) is 7.11 Å². The minimum Gasteiger partial charge on any atom is -0.497 e. The standard InChI is InChI=1S/C21H24N2O2/c1-25-20-7-3-6-19(15-20)22-10-12-23(13-11-22)21(24)18-9-8-16-4-2-5-17(16)14-18/h3,6-9,14-15H,2,4-5,10-13H2,1H3. The van der Waals surface area contributed by atoms with E-state index in [0.29, 0.717) is 0 Å². The van der Waals surface area contributed by atoms with Gasteiger partial charge in [0.1, 0.15) is 5.75 Å². The molecule has 0 bridgehead atoms. The molecule has 1 saturated heterocycles. The Balaban J connectivity index is 1.42. The van der Waals surface area contributed by atoms with Gasteiger partial charge in [-0.2, -0.15) is 0 Å². The third-order valence-corrected chi connectivity index (χ3v) is 5.33. The zero-order valence-electron chi connectivity index (χ0n) is 14.7. The van der Waals surface area contributed by atoms with E-state index in [4.69, 9.17) is 4.74 Å². The van der Waals surface area contributed by atoms with Crippen LogP contribution in [0.15, 0.2) is 42.5 Å². The Morgan fingerprint density at radius 2 is 1.76 bits per heavy atom. The Kier molecular flexibility index (Phi) is 4.35. The molecule has 0 spiro atoms. The van der Waals surface area contributed by atoms with Gasteiger partial charge < -0.3 is 14.5 Å². The van der Waals surface area contributed by atoms with Crippen molar-refractivity contribution >= 4 is 11.6 Å². The Morgan fingerprint density at radius 3 is 2.56 bits per heavy atom. The second-order valence-corrected chi connectivity index (χ2v) is 6.82. The van der Waals surface area contributed by atoms with Gasteiger partial charge >= 0.3 is 0 Å². The average Bonchev–Trinajstić information content (AvgIpc) is 3.15. The highest BCUT2D eigenvalue weighted by molar-refractivity contribution is 5.94. The maximum absolute atomic E-state index is 12.8. The summed E-state index contributed by atoms with van der Waals surface area (Å²) in [6.45, 7) is 3.22. The molecule has 2 aromatic rings. The van der Waals surface area contributed by atoms with Crippen LogP contribution in [0.25, 0.3) is 0 Å². The van der Waals surface area contributed by atoms with Crippen LogP contribution in [-0.4, -0.2) is 44.1 Å². The van der Waals surface area contributed by atoms with Crippen LogP contribution >= 0.6 is 0 Å². The maximum Gasteiger partial charge on any atom is 0.253 e. The van der Waals surface area contributed by atoms with Gasteiger partial charge in [-0.15, -0.1) is 0 Å². The van der Waals surface area contributed by atoms with Crippen molar-refractivity contribution in [1.29, 1.82) is 0 Å². The normalized spacial score (nSPS) is 16.7. The van der Waals surface area contributed by atoms with Crippen LogP contribution in [0.1, 0.15) is 27.9 Å². The number of hydrogen-bond donors (Lipinski definition) is 0. The van der Waals surface area contributed by atoms with E-state index in [1.807, 2.05) is 23.1 Å². The highest BCUT2D eigenvalue weighted by atomic mass is 16.5. The van der Waals surface area contributed by atoms with Crippen molar-refractivity contribution in [2.45, 2.75) is 19.3 Å². The molecule has 4 heteroatoms. The van der Waals surface area contributed by atoms with Crippen LogP contribution in [0.3, 0.4) is 0 Å². The van der Waals surface area contributed by atoms with E-state index < -0.39 is 0 Å². The summed E-state index contributed by atoms with van der Waals surface area (Å²) >= 11 is 0. The van der Waals surface area contributed by atoms with Gasteiger partial charge in [0.25, 0.3) is 5.91 Å². The third kappa shape index (κ3) is 3.21. The molecule has 1 aliphatic carbocycles.